The lowest BCUT2D eigenvalue weighted by Gasteiger charge is -1.97. The summed E-state index contributed by atoms with van der Waals surface area (Å²) in [6.45, 7) is 0. The van der Waals surface area contributed by atoms with Gasteiger partial charge in [-0.2, -0.15) is 0 Å². The molecule has 5 rings (SSSR count). The number of para-hydroxylation sites is 1. The molecule has 26 heavy (non-hydrogen) atoms. The minimum absolute atomic E-state index is 0.477. The van der Waals surface area contributed by atoms with E-state index in [1.54, 1.807) is 23.5 Å². The quantitative estimate of drug-likeness (QED) is 0.399. The van der Waals surface area contributed by atoms with Gasteiger partial charge in [-0.15, -0.1) is 20.4 Å². The van der Waals surface area contributed by atoms with Crippen LogP contribution < -0.4 is 0 Å². The van der Waals surface area contributed by atoms with Crippen molar-refractivity contribution < 1.29 is 4.42 Å². The SMILES string of the molecule is Clc1ccc(-c2nnc(CSc3nnc4sc5ccccc5n34)o2)cc1. The summed E-state index contributed by atoms with van der Waals surface area (Å²) >= 11 is 9.05. The standard InChI is InChI=1S/C17H10ClN5OS2/c18-11-7-5-10(6-8-11)15-20-19-14(24-15)9-25-16-21-22-17-23(16)12-3-1-2-4-13(12)26-17/h1-8H,9H2. The fourth-order valence-corrected chi connectivity index (χ4v) is 4.53. The van der Waals surface area contributed by atoms with E-state index in [-0.39, 0.29) is 0 Å². The van der Waals surface area contributed by atoms with Crippen molar-refractivity contribution in [1.29, 1.82) is 0 Å². The normalized spacial score (nSPS) is 11.6. The van der Waals surface area contributed by atoms with Gasteiger partial charge in [0.1, 0.15) is 0 Å². The number of hydrogen-bond acceptors (Lipinski definition) is 7. The number of rotatable bonds is 4. The highest BCUT2D eigenvalue weighted by Crippen LogP contribution is 2.31. The lowest BCUT2D eigenvalue weighted by Crippen LogP contribution is -1.87. The van der Waals surface area contributed by atoms with Gasteiger partial charge in [0, 0.05) is 10.6 Å². The molecule has 3 aromatic heterocycles. The Bertz CT molecular complexity index is 1210. The number of fused-ring (bicyclic) bond motifs is 3. The van der Waals surface area contributed by atoms with Crippen molar-refractivity contribution in [2.75, 3.05) is 0 Å². The van der Waals surface area contributed by atoms with Crippen LogP contribution in [0.15, 0.2) is 58.1 Å². The first-order valence-corrected chi connectivity index (χ1v) is 9.90. The van der Waals surface area contributed by atoms with E-state index in [4.69, 9.17) is 16.0 Å². The molecule has 0 unspecified atom stereocenters. The predicted molar refractivity (Wildman–Crippen MR) is 103 cm³/mol. The van der Waals surface area contributed by atoms with E-state index in [1.807, 2.05) is 24.3 Å². The molecule has 5 aromatic rings. The van der Waals surface area contributed by atoms with Gasteiger partial charge in [0.15, 0.2) is 5.16 Å². The van der Waals surface area contributed by atoms with Crippen LogP contribution in [0.3, 0.4) is 0 Å². The minimum Gasteiger partial charge on any atom is -0.420 e. The Morgan fingerprint density at radius 3 is 2.73 bits per heavy atom. The molecule has 0 aliphatic rings. The van der Waals surface area contributed by atoms with Crippen molar-refractivity contribution in [3.8, 4) is 11.5 Å². The second-order valence-electron chi connectivity index (χ2n) is 5.47. The van der Waals surface area contributed by atoms with Crippen LogP contribution in [0.5, 0.6) is 0 Å². The van der Waals surface area contributed by atoms with Crippen LogP contribution in [0.2, 0.25) is 5.02 Å². The average molecular weight is 400 g/mol. The van der Waals surface area contributed by atoms with E-state index in [2.05, 4.69) is 36.9 Å². The largest absolute Gasteiger partial charge is 0.420 e. The monoisotopic (exact) mass is 399 g/mol. The highest BCUT2D eigenvalue weighted by atomic mass is 35.5. The molecular formula is C17H10ClN5OS2. The molecule has 0 saturated carbocycles. The maximum atomic E-state index is 5.91. The summed E-state index contributed by atoms with van der Waals surface area (Å²) in [5.41, 5.74) is 1.94. The van der Waals surface area contributed by atoms with Gasteiger partial charge in [-0.25, -0.2) is 0 Å². The van der Waals surface area contributed by atoms with Gasteiger partial charge in [0.25, 0.3) is 0 Å². The second-order valence-corrected chi connectivity index (χ2v) is 7.85. The summed E-state index contributed by atoms with van der Waals surface area (Å²) in [5, 5.41) is 18.2. The lowest BCUT2D eigenvalue weighted by atomic mass is 10.2. The third-order valence-corrected chi connectivity index (χ3v) is 5.97. The van der Waals surface area contributed by atoms with Crippen LogP contribution in [0.4, 0.5) is 0 Å². The Hall–Kier alpha value is -2.42. The lowest BCUT2D eigenvalue weighted by molar-refractivity contribution is 0.528. The topological polar surface area (TPSA) is 69.1 Å². The molecule has 0 N–H and O–H groups in total. The Balaban J connectivity index is 1.40. The predicted octanol–water partition coefficient (Wildman–Crippen LogP) is 4.94. The van der Waals surface area contributed by atoms with Crippen LogP contribution >= 0.6 is 34.7 Å². The summed E-state index contributed by atoms with van der Waals surface area (Å²) < 4.78 is 8.99. The number of nitrogens with zero attached hydrogens (tertiary/aromatic N) is 5. The van der Waals surface area contributed by atoms with E-state index in [9.17, 15) is 0 Å². The maximum Gasteiger partial charge on any atom is 0.247 e. The Morgan fingerprint density at radius 2 is 1.85 bits per heavy atom. The fraction of sp³-hybridized carbons (Fsp3) is 0.0588. The number of thiazole rings is 1. The summed E-state index contributed by atoms with van der Waals surface area (Å²) in [6, 6.07) is 15.5. The van der Waals surface area contributed by atoms with E-state index in [0.717, 1.165) is 21.2 Å². The molecule has 0 amide bonds. The molecule has 0 bridgehead atoms. The Morgan fingerprint density at radius 1 is 1.00 bits per heavy atom. The molecule has 0 aliphatic carbocycles. The number of aromatic nitrogens is 5. The highest BCUT2D eigenvalue weighted by Gasteiger charge is 2.15. The van der Waals surface area contributed by atoms with Crippen LogP contribution in [-0.2, 0) is 5.75 Å². The Labute approximate surface area is 160 Å². The van der Waals surface area contributed by atoms with Crippen molar-refractivity contribution in [2.24, 2.45) is 0 Å². The van der Waals surface area contributed by atoms with E-state index in [1.165, 1.54) is 16.5 Å². The summed E-state index contributed by atoms with van der Waals surface area (Å²) in [7, 11) is 0. The molecule has 0 aliphatic heterocycles. The zero-order valence-electron chi connectivity index (χ0n) is 13.2. The van der Waals surface area contributed by atoms with Crippen LogP contribution in [-0.4, -0.2) is 24.8 Å². The number of benzene rings is 2. The molecule has 6 nitrogen and oxygen atoms in total. The maximum absolute atomic E-state index is 5.91. The molecule has 3 heterocycles. The van der Waals surface area contributed by atoms with Crippen molar-refractivity contribution in [1.82, 2.24) is 24.8 Å². The molecule has 0 fully saturated rings. The number of halogens is 1. The first-order chi connectivity index (χ1) is 12.8. The average Bonchev–Trinajstić information content (AvgIpc) is 3.36. The smallest absolute Gasteiger partial charge is 0.247 e. The third kappa shape index (κ3) is 2.76. The fourth-order valence-electron chi connectivity index (χ4n) is 2.60. The molecule has 9 heteroatoms. The molecule has 2 aromatic carbocycles. The zero-order valence-corrected chi connectivity index (χ0v) is 15.6. The van der Waals surface area contributed by atoms with Crippen LogP contribution in [0, 0.1) is 0 Å². The van der Waals surface area contributed by atoms with Gasteiger partial charge >= 0.3 is 0 Å². The summed E-state index contributed by atoms with van der Waals surface area (Å²) in [4.78, 5) is 0.876. The first-order valence-electron chi connectivity index (χ1n) is 7.72. The van der Waals surface area contributed by atoms with Gasteiger partial charge in [0.2, 0.25) is 16.7 Å². The molecular weight excluding hydrogens is 390 g/mol. The summed E-state index contributed by atoms with van der Waals surface area (Å²) in [5.74, 6) is 1.53. The van der Waals surface area contributed by atoms with Gasteiger partial charge in [-0.05, 0) is 36.4 Å². The van der Waals surface area contributed by atoms with Gasteiger partial charge in [0.05, 0.1) is 16.0 Å². The van der Waals surface area contributed by atoms with Crippen LogP contribution in [0.1, 0.15) is 5.89 Å². The molecule has 0 saturated heterocycles. The third-order valence-electron chi connectivity index (χ3n) is 3.79. The van der Waals surface area contributed by atoms with Crippen molar-refractivity contribution in [2.45, 2.75) is 10.9 Å². The van der Waals surface area contributed by atoms with E-state index < -0.39 is 0 Å². The number of hydrogen-bond donors (Lipinski definition) is 0. The van der Waals surface area contributed by atoms with Crippen LogP contribution in [0.25, 0.3) is 26.6 Å². The van der Waals surface area contributed by atoms with E-state index >= 15 is 0 Å². The van der Waals surface area contributed by atoms with Gasteiger partial charge in [-0.1, -0.05) is 46.8 Å². The second kappa shape index (κ2) is 6.39. The molecule has 0 radical (unpaired) electrons. The van der Waals surface area contributed by atoms with Crippen molar-refractivity contribution in [3.05, 3.63) is 59.4 Å². The highest BCUT2D eigenvalue weighted by molar-refractivity contribution is 7.98. The molecule has 128 valence electrons. The minimum atomic E-state index is 0.477. The summed E-state index contributed by atoms with van der Waals surface area (Å²) in [6.07, 6.45) is 0. The first kappa shape index (κ1) is 15.8. The Kier molecular flexibility index (Phi) is 3.88. The van der Waals surface area contributed by atoms with E-state index in [0.29, 0.717) is 22.6 Å². The molecule has 0 spiro atoms. The van der Waals surface area contributed by atoms with Gasteiger partial charge < -0.3 is 4.42 Å². The van der Waals surface area contributed by atoms with Crippen molar-refractivity contribution >= 4 is 49.9 Å². The molecule has 0 atom stereocenters. The van der Waals surface area contributed by atoms with Crippen molar-refractivity contribution in [3.63, 3.8) is 0 Å². The zero-order chi connectivity index (χ0) is 17.5. The van der Waals surface area contributed by atoms with Gasteiger partial charge in [-0.3, -0.25) is 4.40 Å². The number of thioether (sulfide) groups is 1.